The Hall–Kier alpha value is -1.44. The molecule has 0 aromatic heterocycles. The van der Waals surface area contributed by atoms with Crippen LogP contribution in [0, 0.1) is 28.1 Å². The maximum atomic E-state index is 12.5. The summed E-state index contributed by atoms with van der Waals surface area (Å²) in [4.78, 5) is 24.4. The highest BCUT2D eigenvalue weighted by atomic mass is 16.1. The van der Waals surface area contributed by atoms with E-state index in [2.05, 4.69) is 33.4 Å². The number of allylic oxidation sites excluding steroid dienone is 5. The topological polar surface area (TPSA) is 34.1 Å². The van der Waals surface area contributed by atoms with Gasteiger partial charge in [-0.05, 0) is 60.7 Å². The fraction of sp³-hybridized carbons (Fsp3) is 0.619. The zero-order valence-electron chi connectivity index (χ0n) is 14.4. The molecule has 4 aliphatic rings. The van der Waals surface area contributed by atoms with Crippen LogP contribution in [0.2, 0.25) is 0 Å². The maximum absolute atomic E-state index is 12.5. The number of Topliss-reactive ketones (excluding diaryl/α,β-unsaturated/α-hetero) is 1. The van der Waals surface area contributed by atoms with E-state index < -0.39 is 0 Å². The van der Waals surface area contributed by atoms with Crippen molar-refractivity contribution in [3.63, 3.8) is 0 Å². The average Bonchev–Trinajstić information content (AvgIpc) is 2.78. The number of hydrogen-bond acceptors (Lipinski definition) is 2. The van der Waals surface area contributed by atoms with Crippen molar-refractivity contribution in [2.24, 2.45) is 28.1 Å². The van der Waals surface area contributed by atoms with Crippen LogP contribution in [-0.4, -0.2) is 11.6 Å². The molecule has 4 aliphatic carbocycles. The molecule has 3 fully saturated rings. The highest BCUT2D eigenvalue weighted by molar-refractivity contribution is 6.02. The summed E-state index contributed by atoms with van der Waals surface area (Å²) in [6.07, 6.45) is 10.4. The highest BCUT2D eigenvalue weighted by Gasteiger charge is 2.64. The van der Waals surface area contributed by atoms with Crippen molar-refractivity contribution in [1.82, 2.24) is 0 Å². The van der Waals surface area contributed by atoms with Crippen LogP contribution < -0.4 is 0 Å². The second-order valence-electron chi connectivity index (χ2n) is 8.89. The minimum absolute atomic E-state index is 0.0823. The lowest BCUT2D eigenvalue weighted by atomic mass is 9.41. The molecule has 2 heteroatoms. The molecule has 3 saturated carbocycles. The van der Waals surface area contributed by atoms with Gasteiger partial charge >= 0.3 is 0 Å². The molecule has 0 N–H and O–H groups in total. The Kier molecular flexibility index (Phi) is 2.85. The third-order valence-electron chi connectivity index (χ3n) is 7.77. The lowest BCUT2D eigenvalue weighted by Crippen LogP contribution is -2.56. The van der Waals surface area contributed by atoms with E-state index in [1.54, 1.807) is 12.2 Å². The number of hydrogen-bond donors (Lipinski definition) is 0. The molecule has 0 amide bonds. The number of ketones is 2. The van der Waals surface area contributed by atoms with Crippen LogP contribution in [-0.2, 0) is 9.59 Å². The SMILES string of the molecule is C=C1CC2(C)C(CCC3(C)C(=O)CCC32)C2(C)C=CC(=O)C=C12. The molecule has 23 heavy (non-hydrogen) atoms. The Morgan fingerprint density at radius 2 is 1.87 bits per heavy atom. The molecule has 2 nitrogen and oxygen atoms in total. The van der Waals surface area contributed by atoms with Crippen molar-refractivity contribution in [2.75, 3.05) is 0 Å². The quantitative estimate of drug-likeness (QED) is 0.663. The summed E-state index contributed by atoms with van der Waals surface area (Å²) in [6, 6.07) is 0. The fourth-order valence-corrected chi connectivity index (χ4v) is 6.73. The van der Waals surface area contributed by atoms with Crippen LogP contribution in [0.4, 0.5) is 0 Å². The van der Waals surface area contributed by atoms with Crippen LogP contribution >= 0.6 is 0 Å². The molecule has 0 spiro atoms. The van der Waals surface area contributed by atoms with Crippen LogP contribution in [0.15, 0.2) is 36.0 Å². The minimum Gasteiger partial charge on any atom is -0.299 e. The summed E-state index contributed by atoms with van der Waals surface area (Å²) in [6.45, 7) is 11.2. The summed E-state index contributed by atoms with van der Waals surface area (Å²) >= 11 is 0. The predicted molar refractivity (Wildman–Crippen MR) is 90.8 cm³/mol. The molecular weight excluding hydrogens is 284 g/mol. The first-order valence-electron chi connectivity index (χ1n) is 8.89. The number of rotatable bonds is 0. The van der Waals surface area contributed by atoms with Gasteiger partial charge in [0, 0.05) is 17.3 Å². The van der Waals surface area contributed by atoms with E-state index >= 15 is 0 Å². The van der Waals surface area contributed by atoms with Gasteiger partial charge in [-0.1, -0.05) is 39.0 Å². The molecule has 0 bridgehead atoms. The van der Waals surface area contributed by atoms with Crippen molar-refractivity contribution in [3.8, 4) is 0 Å². The molecule has 0 aromatic rings. The van der Waals surface area contributed by atoms with E-state index in [0.29, 0.717) is 17.6 Å². The van der Waals surface area contributed by atoms with Gasteiger partial charge < -0.3 is 0 Å². The Morgan fingerprint density at radius 1 is 1.13 bits per heavy atom. The van der Waals surface area contributed by atoms with Crippen LogP contribution in [0.5, 0.6) is 0 Å². The molecule has 4 rings (SSSR count). The number of carbonyl (C=O) groups excluding carboxylic acids is 2. The third-order valence-corrected chi connectivity index (χ3v) is 7.77. The third kappa shape index (κ3) is 1.70. The van der Waals surface area contributed by atoms with E-state index in [1.165, 1.54) is 0 Å². The van der Waals surface area contributed by atoms with Gasteiger partial charge in [-0.2, -0.15) is 0 Å². The summed E-state index contributed by atoms with van der Waals surface area (Å²) in [7, 11) is 0. The summed E-state index contributed by atoms with van der Waals surface area (Å²) in [5, 5.41) is 0. The Labute approximate surface area is 138 Å². The number of fused-ring (bicyclic) bond motifs is 5. The van der Waals surface area contributed by atoms with Gasteiger partial charge in [-0.15, -0.1) is 0 Å². The molecule has 0 heterocycles. The first-order valence-corrected chi connectivity index (χ1v) is 8.89. The van der Waals surface area contributed by atoms with Gasteiger partial charge in [0.1, 0.15) is 5.78 Å². The Morgan fingerprint density at radius 3 is 2.61 bits per heavy atom. The second-order valence-corrected chi connectivity index (χ2v) is 8.89. The van der Waals surface area contributed by atoms with Crippen molar-refractivity contribution < 1.29 is 9.59 Å². The highest BCUT2D eigenvalue weighted by Crippen LogP contribution is 2.69. The molecule has 5 atom stereocenters. The maximum Gasteiger partial charge on any atom is 0.178 e. The Bertz CT molecular complexity index is 697. The first-order chi connectivity index (χ1) is 10.7. The lowest BCUT2D eigenvalue weighted by Gasteiger charge is -2.62. The Balaban J connectivity index is 1.84. The lowest BCUT2D eigenvalue weighted by molar-refractivity contribution is -0.137. The van der Waals surface area contributed by atoms with Gasteiger partial charge in [-0.3, -0.25) is 9.59 Å². The second kappa shape index (κ2) is 4.34. The van der Waals surface area contributed by atoms with Crippen LogP contribution in [0.1, 0.15) is 52.9 Å². The summed E-state index contributed by atoms with van der Waals surface area (Å²) in [5.74, 6) is 1.48. The van der Waals surface area contributed by atoms with E-state index in [-0.39, 0.29) is 22.0 Å². The van der Waals surface area contributed by atoms with E-state index in [1.807, 2.05) is 0 Å². The number of carbonyl (C=O) groups is 2. The van der Waals surface area contributed by atoms with Crippen molar-refractivity contribution in [1.29, 1.82) is 0 Å². The minimum atomic E-state index is -0.142. The molecule has 122 valence electrons. The van der Waals surface area contributed by atoms with Gasteiger partial charge in [0.15, 0.2) is 5.78 Å². The molecule has 0 saturated heterocycles. The summed E-state index contributed by atoms with van der Waals surface area (Å²) < 4.78 is 0. The van der Waals surface area contributed by atoms with Gasteiger partial charge in [0.2, 0.25) is 0 Å². The molecule has 0 aliphatic heterocycles. The smallest absolute Gasteiger partial charge is 0.178 e. The van der Waals surface area contributed by atoms with Crippen molar-refractivity contribution >= 4 is 11.6 Å². The molecule has 0 aromatic carbocycles. The molecule has 0 radical (unpaired) electrons. The predicted octanol–water partition coefficient (Wildman–Crippen LogP) is 4.42. The average molecular weight is 310 g/mol. The van der Waals surface area contributed by atoms with E-state index in [4.69, 9.17) is 0 Å². The standard InChI is InChI=1S/C21H26O2/c1-13-12-21(4)16-5-6-18(23)20(16,3)10-8-17(21)19(2)9-7-14(22)11-15(13)19/h7,9,11,16-17H,1,5-6,8,10,12H2,2-4H3. The van der Waals surface area contributed by atoms with Crippen LogP contribution in [0.25, 0.3) is 0 Å². The zero-order valence-corrected chi connectivity index (χ0v) is 14.4. The molecule has 5 unspecified atom stereocenters. The normalized spacial score (nSPS) is 48.7. The van der Waals surface area contributed by atoms with Gasteiger partial charge in [0.05, 0.1) is 0 Å². The monoisotopic (exact) mass is 310 g/mol. The molecular formula is C21H26O2. The fourth-order valence-electron chi connectivity index (χ4n) is 6.73. The van der Waals surface area contributed by atoms with E-state index in [0.717, 1.165) is 43.3 Å². The summed E-state index contributed by atoms with van der Waals surface area (Å²) in [5.41, 5.74) is 2.10. The van der Waals surface area contributed by atoms with Gasteiger partial charge in [0.25, 0.3) is 0 Å². The van der Waals surface area contributed by atoms with Crippen LogP contribution in [0.3, 0.4) is 0 Å². The largest absolute Gasteiger partial charge is 0.299 e. The zero-order chi connectivity index (χ0) is 16.6. The van der Waals surface area contributed by atoms with E-state index in [9.17, 15) is 9.59 Å². The first kappa shape index (κ1) is 15.1. The van der Waals surface area contributed by atoms with Crippen molar-refractivity contribution in [3.05, 3.63) is 36.0 Å². The van der Waals surface area contributed by atoms with Crippen molar-refractivity contribution in [2.45, 2.75) is 52.9 Å². The van der Waals surface area contributed by atoms with Gasteiger partial charge in [-0.25, -0.2) is 0 Å².